The lowest BCUT2D eigenvalue weighted by Gasteiger charge is -2.20. The minimum atomic E-state index is -2.88. The molecule has 0 spiro atoms. The van der Waals surface area contributed by atoms with Crippen LogP contribution in [0.2, 0.25) is 0 Å². The molecule has 0 radical (unpaired) electrons. The van der Waals surface area contributed by atoms with Crippen LogP contribution >= 0.6 is 0 Å². The number of halogens is 2. The van der Waals surface area contributed by atoms with E-state index >= 15 is 0 Å². The number of rotatable bonds is 5. The van der Waals surface area contributed by atoms with Gasteiger partial charge < -0.3 is 15.4 Å². The molecule has 1 aliphatic heterocycles. The Balaban J connectivity index is 2.04. The number of nitrogens with one attached hydrogen (secondary N) is 2. The number of hydrogen-bond donors (Lipinski definition) is 2. The molecule has 2 atom stereocenters. The van der Waals surface area contributed by atoms with Crippen molar-refractivity contribution in [2.75, 3.05) is 6.54 Å². The summed E-state index contributed by atoms with van der Waals surface area (Å²) < 4.78 is 29.2. The number of ether oxygens (including phenoxy) is 1. The first kappa shape index (κ1) is 14.7. The van der Waals surface area contributed by atoms with Gasteiger partial charge in [0.05, 0.1) is 12.1 Å². The number of para-hydroxylation sites is 1. The molecular formula is C14H18F2N2O2. The molecule has 0 bridgehead atoms. The zero-order chi connectivity index (χ0) is 14.5. The zero-order valence-electron chi connectivity index (χ0n) is 11.2. The molecule has 20 heavy (non-hydrogen) atoms. The van der Waals surface area contributed by atoms with E-state index in [9.17, 15) is 13.6 Å². The van der Waals surface area contributed by atoms with Gasteiger partial charge in [-0.3, -0.25) is 4.79 Å². The zero-order valence-corrected chi connectivity index (χ0v) is 11.2. The molecule has 1 aromatic rings. The van der Waals surface area contributed by atoms with E-state index in [1.807, 2.05) is 0 Å². The molecule has 1 amide bonds. The number of benzene rings is 1. The Kier molecular flexibility index (Phi) is 4.89. The summed E-state index contributed by atoms with van der Waals surface area (Å²) in [5, 5.41) is 5.92. The lowest BCUT2D eigenvalue weighted by Crippen LogP contribution is -2.41. The number of hydrogen-bond acceptors (Lipinski definition) is 3. The van der Waals surface area contributed by atoms with Crippen LogP contribution in [0, 0.1) is 0 Å². The first-order valence-corrected chi connectivity index (χ1v) is 6.65. The molecule has 2 rings (SSSR count). The third-order valence-corrected chi connectivity index (χ3v) is 3.34. The predicted molar refractivity (Wildman–Crippen MR) is 70.7 cm³/mol. The van der Waals surface area contributed by atoms with Crippen molar-refractivity contribution < 1.29 is 18.3 Å². The molecule has 0 saturated carbocycles. The van der Waals surface area contributed by atoms with Crippen LogP contribution in [0.15, 0.2) is 24.3 Å². The Morgan fingerprint density at radius 1 is 1.45 bits per heavy atom. The average Bonchev–Trinajstić information content (AvgIpc) is 2.92. The number of carbonyl (C=O) groups is 1. The fraction of sp³-hybridized carbons (Fsp3) is 0.500. The summed E-state index contributed by atoms with van der Waals surface area (Å²) in [5.41, 5.74) is 0.541. The Morgan fingerprint density at radius 2 is 2.20 bits per heavy atom. The van der Waals surface area contributed by atoms with E-state index in [4.69, 9.17) is 0 Å². The van der Waals surface area contributed by atoms with Gasteiger partial charge in [-0.1, -0.05) is 18.2 Å². The van der Waals surface area contributed by atoms with Crippen LogP contribution in [0.25, 0.3) is 0 Å². The molecule has 6 heteroatoms. The second-order valence-corrected chi connectivity index (χ2v) is 4.80. The van der Waals surface area contributed by atoms with Crippen LogP contribution in [-0.2, 0) is 4.79 Å². The highest BCUT2D eigenvalue weighted by molar-refractivity contribution is 5.82. The maximum atomic E-state index is 12.4. The molecule has 4 nitrogen and oxygen atoms in total. The monoisotopic (exact) mass is 284 g/mol. The third-order valence-electron chi connectivity index (χ3n) is 3.34. The highest BCUT2D eigenvalue weighted by Gasteiger charge is 2.24. The molecule has 2 N–H and O–H groups in total. The van der Waals surface area contributed by atoms with Crippen molar-refractivity contribution in [2.45, 2.75) is 38.5 Å². The molecule has 0 aliphatic carbocycles. The molecule has 1 heterocycles. The van der Waals surface area contributed by atoms with Gasteiger partial charge in [-0.2, -0.15) is 8.78 Å². The normalized spacial score (nSPS) is 19.9. The first-order valence-electron chi connectivity index (χ1n) is 6.65. The maximum absolute atomic E-state index is 12.4. The van der Waals surface area contributed by atoms with Crippen molar-refractivity contribution in [2.24, 2.45) is 0 Å². The fourth-order valence-corrected chi connectivity index (χ4v) is 2.34. The summed E-state index contributed by atoms with van der Waals surface area (Å²) in [4.78, 5) is 12.0. The van der Waals surface area contributed by atoms with Gasteiger partial charge in [-0.25, -0.2) is 0 Å². The molecule has 1 saturated heterocycles. The molecule has 0 aromatic heterocycles. The largest absolute Gasteiger partial charge is 0.434 e. The van der Waals surface area contributed by atoms with E-state index in [2.05, 4.69) is 15.4 Å². The minimum absolute atomic E-state index is 0.0923. The lowest BCUT2D eigenvalue weighted by molar-refractivity contribution is -0.123. The smallest absolute Gasteiger partial charge is 0.387 e. The lowest BCUT2D eigenvalue weighted by atomic mass is 10.1. The molecule has 1 aromatic carbocycles. The average molecular weight is 284 g/mol. The first-order chi connectivity index (χ1) is 9.58. The molecular weight excluding hydrogens is 266 g/mol. The summed E-state index contributed by atoms with van der Waals surface area (Å²) in [6, 6.07) is 5.90. The van der Waals surface area contributed by atoms with Crippen molar-refractivity contribution >= 4 is 5.91 Å². The summed E-state index contributed by atoms with van der Waals surface area (Å²) >= 11 is 0. The fourth-order valence-electron chi connectivity index (χ4n) is 2.34. The van der Waals surface area contributed by atoms with Gasteiger partial charge in [-0.15, -0.1) is 0 Å². The van der Waals surface area contributed by atoms with Gasteiger partial charge in [0.2, 0.25) is 5.91 Å². The van der Waals surface area contributed by atoms with E-state index in [-0.39, 0.29) is 23.7 Å². The van der Waals surface area contributed by atoms with Crippen molar-refractivity contribution in [3.05, 3.63) is 29.8 Å². The highest BCUT2D eigenvalue weighted by atomic mass is 19.3. The van der Waals surface area contributed by atoms with Gasteiger partial charge in [0.1, 0.15) is 5.75 Å². The molecule has 1 fully saturated rings. The van der Waals surface area contributed by atoms with Crippen LogP contribution in [0.4, 0.5) is 8.78 Å². The SMILES string of the molecule is CC(NC(=O)[C@H]1CCCN1)c1ccccc1OC(F)F. The topological polar surface area (TPSA) is 50.4 Å². The van der Waals surface area contributed by atoms with Crippen LogP contribution in [0.5, 0.6) is 5.75 Å². The van der Waals surface area contributed by atoms with E-state index < -0.39 is 6.61 Å². The van der Waals surface area contributed by atoms with Gasteiger partial charge in [-0.05, 0) is 32.4 Å². The van der Waals surface area contributed by atoms with E-state index in [1.165, 1.54) is 6.07 Å². The van der Waals surface area contributed by atoms with Crippen molar-refractivity contribution in [3.8, 4) is 5.75 Å². The summed E-state index contributed by atoms with van der Waals surface area (Å²) in [7, 11) is 0. The second-order valence-electron chi connectivity index (χ2n) is 4.80. The van der Waals surface area contributed by atoms with Crippen molar-refractivity contribution in [1.82, 2.24) is 10.6 Å². The number of alkyl halides is 2. The highest BCUT2D eigenvalue weighted by Crippen LogP contribution is 2.26. The Hall–Kier alpha value is -1.69. The predicted octanol–water partition coefficient (Wildman–Crippen LogP) is 2.22. The van der Waals surface area contributed by atoms with Gasteiger partial charge in [0.25, 0.3) is 0 Å². The quantitative estimate of drug-likeness (QED) is 0.871. The molecule has 110 valence electrons. The maximum Gasteiger partial charge on any atom is 0.387 e. The van der Waals surface area contributed by atoms with Crippen molar-refractivity contribution in [3.63, 3.8) is 0 Å². The second kappa shape index (κ2) is 6.65. The van der Waals surface area contributed by atoms with E-state index in [1.54, 1.807) is 25.1 Å². The molecule has 1 aliphatic rings. The minimum Gasteiger partial charge on any atom is -0.434 e. The Labute approximate surface area is 116 Å². The van der Waals surface area contributed by atoms with Gasteiger partial charge in [0, 0.05) is 5.56 Å². The van der Waals surface area contributed by atoms with Crippen LogP contribution < -0.4 is 15.4 Å². The van der Waals surface area contributed by atoms with Crippen LogP contribution in [-0.4, -0.2) is 25.1 Å². The number of amides is 1. The summed E-state index contributed by atoms with van der Waals surface area (Å²) in [6.45, 7) is -0.298. The Bertz CT molecular complexity index is 462. The van der Waals surface area contributed by atoms with Gasteiger partial charge in [0.15, 0.2) is 0 Å². The molecule has 1 unspecified atom stereocenters. The third kappa shape index (κ3) is 3.66. The van der Waals surface area contributed by atoms with E-state index in [0.717, 1.165) is 19.4 Å². The number of carbonyl (C=O) groups excluding carboxylic acids is 1. The summed E-state index contributed by atoms with van der Waals surface area (Å²) in [5.74, 6) is -0.0171. The van der Waals surface area contributed by atoms with E-state index in [0.29, 0.717) is 5.56 Å². The van der Waals surface area contributed by atoms with Crippen LogP contribution in [0.3, 0.4) is 0 Å². The summed E-state index contributed by atoms with van der Waals surface area (Å²) in [6.07, 6.45) is 1.77. The van der Waals surface area contributed by atoms with Crippen LogP contribution in [0.1, 0.15) is 31.4 Å². The van der Waals surface area contributed by atoms with Gasteiger partial charge >= 0.3 is 6.61 Å². The standard InChI is InChI=1S/C14H18F2N2O2/c1-9(18-13(19)11-6-4-8-17-11)10-5-2-3-7-12(10)20-14(15)16/h2-3,5,7,9,11,14,17H,4,6,8H2,1H3,(H,18,19)/t9?,11-/m1/s1. The Morgan fingerprint density at radius 3 is 2.85 bits per heavy atom. The van der Waals surface area contributed by atoms with Crippen molar-refractivity contribution in [1.29, 1.82) is 0 Å².